The number of hydrogen-bond acceptors (Lipinski definition) is 2. The monoisotopic (exact) mass is 110 g/mol. The van der Waals surface area contributed by atoms with E-state index in [4.69, 9.17) is 11.1 Å². The van der Waals surface area contributed by atoms with Gasteiger partial charge in [0, 0.05) is 6.21 Å². The SMILES string of the molecule is C=C/C(C)=C(/N)C=N. The van der Waals surface area contributed by atoms with Crippen LogP contribution in [-0.4, -0.2) is 6.21 Å². The number of rotatable bonds is 2. The van der Waals surface area contributed by atoms with Crippen LogP contribution in [0.15, 0.2) is 23.9 Å². The van der Waals surface area contributed by atoms with Gasteiger partial charge in [0.25, 0.3) is 0 Å². The molecule has 0 aromatic rings. The van der Waals surface area contributed by atoms with Gasteiger partial charge in [-0.3, -0.25) is 0 Å². The zero-order chi connectivity index (χ0) is 6.57. The average Bonchev–Trinajstić information content (AvgIpc) is 1.84. The normalized spacial score (nSPS) is 12.1. The summed E-state index contributed by atoms with van der Waals surface area (Å²) >= 11 is 0. The van der Waals surface area contributed by atoms with E-state index < -0.39 is 0 Å². The van der Waals surface area contributed by atoms with Gasteiger partial charge in [0.15, 0.2) is 0 Å². The molecule has 0 unspecified atom stereocenters. The summed E-state index contributed by atoms with van der Waals surface area (Å²) in [6.45, 7) is 5.30. The highest BCUT2D eigenvalue weighted by Gasteiger charge is 1.84. The van der Waals surface area contributed by atoms with Crippen molar-refractivity contribution in [3.8, 4) is 0 Å². The summed E-state index contributed by atoms with van der Waals surface area (Å²) in [5.41, 5.74) is 6.61. The van der Waals surface area contributed by atoms with Crippen molar-refractivity contribution in [2.24, 2.45) is 5.73 Å². The molecule has 0 saturated heterocycles. The van der Waals surface area contributed by atoms with Crippen molar-refractivity contribution in [3.05, 3.63) is 23.9 Å². The highest BCUT2D eigenvalue weighted by atomic mass is 14.6. The van der Waals surface area contributed by atoms with Gasteiger partial charge in [0.2, 0.25) is 0 Å². The quantitative estimate of drug-likeness (QED) is 0.405. The maximum Gasteiger partial charge on any atom is 0.0522 e. The van der Waals surface area contributed by atoms with Crippen molar-refractivity contribution in [1.29, 1.82) is 5.41 Å². The van der Waals surface area contributed by atoms with Crippen molar-refractivity contribution in [2.75, 3.05) is 0 Å². The molecule has 0 aromatic carbocycles. The van der Waals surface area contributed by atoms with E-state index in [0.717, 1.165) is 11.8 Å². The Morgan fingerprint density at radius 2 is 2.25 bits per heavy atom. The van der Waals surface area contributed by atoms with Crippen LogP contribution in [-0.2, 0) is 0 Å². The third-order valence-corrected chi connectivity index (χ3v) is 0.917. The minimum atomic E-state index is 0.472. The van der Waals surface area contributed by atoms with Crippen LogP contribution in [0.4, 0.5) is 0 Å². The van der Waals surface area contributed by atoms with Crippen molar-refractivity contribution < 1.29 is 0 Å². The van der Waals surface area contributed by atoms with E-state index in [0.29, 0.717) is 5.70 Å². The third-order valence-electron chi connectivity index (χ3n) is 0.917. The van der Waals surface area contributed by atoms with E-state index in [1.807, 2.05) is 6.92 Å². The molecular weight excluding hydrogens is 100 g/mol. The van der Waals surface area contributed by atoms with Gasteiger partial charge >= 0.3 is 0 Å². The number of nitrogens with one attached hydrogen (secondary N) is 1. The van der Waals surface area contributed by atoms with Crippen molar-refractivity contribution in [2.45, 2.75) is 6.92 Å². The molecule has 0 aliphatic rings. The van der Waals surface area contributed by atoms with E-state index in [9.17, 15) is 0 Å². The molecule has 0 aliphatic carbocycles. The lowest BCUT2D eigenvalue weighted by Crippen LogP contribution is -1.99. The topological polar surface area (TPSA) is 49.9 Å². The second-order valence-electron chi connectivity index (χ2n) is 1.49. The molecule has 0 fully saturated rings. The molecule has 0 amide bonds. The first-order chi connectivity index (χ1) is 3.72. The standard InChI is InChI=1S/C6H10N2/c1-3-5(2)6(8)4-7/h3-4,7H,1,8H2,2H3/b6-5+,7-4?. The molecule has 0 bridgehead atoms. The van der Waals surface area contributed by atoms with E-state index >= 15 is 0 Å². The Morgan fingerprint density at radius 3 is 2.38 bits per heavy atom. The lowest BCUT2D eigenvalue weighted by Gasteiger charge is -1.91. The Hall–Kier alpha value is -1.05. The highest BCUT2D eigenvalue weighted by Crippen LogP contribution is 1.93. The maximum atomic E-state index is 6.69. The molecule has 0 atom stereocenters. The van der Waals surface area contributed by atoms with E-state index in [2.05, 4.69) is 6.58 Å². The van der Waals surface area contributed by atoms with Crippen LogP contribution >= 0.6 is 0 Å². The van der Waals surface area contributed by atoms with Crippen LogP contribution in [0.2, 0.25) is 0 Å². The van der Waals surface area contributed by atoms with Crippen LogP contribution in [0.25, 0.3) is 0 Å². The number of nitrogens with two attached hydrogens (primary N) is 1. The lowest BCUT2D eigenvalue weighted by atomic mass is 10.2. The van der Waals surface area contributed by atoms with Gasteiger partial charge in [-0.2, -0.15) is 0 Å². The van der Waals surface area contributed by atoms with Crippen LogP contribution in [0.5, 0.6) is 0 Å². The van der Waals surface area contributed by atoms with E-state index in [-0.39, 0.29) is 0 Å². The van der Waals surface area contributed by atoms with Crippen molar-refractivity contribution >= 4 is 6.21 Å². The summed E-state index contributed by atoms with van der Waals surface area (Å²) in [6, 6.07) is 0. The van der Waals surface area contributed by atoms with Crippen molar-refractivity contribution in [1.82, 2.24) is 0 Å². The Kier molecular flexibility index (Phi) is 2.62. The van der Waals surface area contributed by atoms with Crippen LogP contribution in [0, 0.1) is 5.41 Å². The predicted molar refractivity (Wildman–Crippen MR) is 35.9 cm³/mol. The minimum Gasteiger partial charge on any atom is -0.397 e. The average molecular weight is 110 g/mol. The van der Waals surface area contributed by atoms with Gasteiger partial charge in [0.1, 0.15) is 0 Å². The summed E-state index contributed by atoms with van der Waals surface area (Å²) in [5, 5.41) is 6.69. The summed E-state index contributed by atoms with van der Waals surface area (Å²) in [7, 11) is 0. The first-order valence-electron chi connectivity index (χ1n) is 2.31. The van der Waals surface area contributed by atoms with Crippen molar-refractivity contribution in [3.63, 3.8) is 0 Å². The van der Waals surface area contributed by atoms with Gasteiger partial charge < -0.3 is 11.1 Å². The van der Waals surface area contributed by atoms with Crippen LogP contribution in [0.3, 0.4) is 0 Å². The Morgan fingerprint density at radius 1 is 1.75 bits per heavy atom. The lowest BCUT2D eigenvalue weighted by molar-refractivity contribution is 1.35. The van der Waals surface area contributed by atoms with Gasteiger partial charge in [-0.15, -0.1) is 0 Å². The van der Waals surface area contributed by atoms with Crippen LogP contribution in [0.1, 0.15) is 6.92 Å². The predicted octanol–water partition coefficient (Wildman–Crippen LogP) is 1.05. The molecule has 0 saturated carbocycles. The molecular formula is C6H10N2. The summed E-state index contributed by atoms with van der Waals surface area (Å²) < 4.78 is 0. The second-order valence-corrected chi connectivity index (χ2v) is 1.49. The molecule has 0 radical (unpaired) electrons. The molecule has 44 valence electrons. The highest BCUT2D eigenvalue weighted by molar-refractivity contribution is 5.76. The zero-order valence-electron chi connectivity index (χ0n) is 4.94. The fourth-order valence-corrected chi connectivity index (χ4v) is 0.232. The first kappa shape index (κ1) is 6.95. The third kappa shape index (κ3) is 1.60. The summed E-state index contributed by atoms with van der Waals surface area (Å²) in [4.78, 5) is 0. The Balaban J connectivity index is 4.25. The maximum absolute atomic E-state index is 6.69. The molecule has 0 aliphatic heterocycles. The second kappa shape index (κ2) is 3.02. The van der Waals surface area contributed by atoms with E-state index in [1.165, 1.54) is 0 Å². The molecule has 2 nitrogen and oxygen atoms in total. The minimum absolute atomic E-state index is 0.472. The molecule has 0 spiro atoms. The summed E-state index contributed by atoms with van der Waals surface area (Å²) in [6.07, 6.45) is 2.73. The molecule has 3 N–H and O–H groups in total. The number of allylic oxidation sites excluding steroid dienone is 3. The summed E-state index contributed by atoms with van der Waals surface area (Å²) in [5.74, 6) is 0. The molecule has 8 heavy (non-hydrogen) atoms. The molecule has 0 rings (SSSR count). The number of hydrogen-bond donors (Lipinski definition) is 2. The Bertz CT molecular complexity index is 117. The molecule has 0 aromatic heterocycles. The largest absolute Gasteiger partial charge is 0.397 e. The smallest absolute Gasteiger partial charge is 0.0522 e. The Labute approximate surface area is 49.2 Å². The fraction of sp³-hybridized carbons (Fsp3) is 0.167. The molecule has 2 heteroatoms. The zero-order valence-corrected chi connectivity index (χ0v) is 4.94. The molecule has 0 heterocycles. The van der Waals surface area contributed by atoms with Gasteiger partial charge in [-0.1, -0.05) is 12.7 Å². The first-order valence-corrected chi connectivity index (χ1v) is 2.31. The van der Waals surface area contributed by atoms with Gasteiger partial charge in [-0.25, -0.2) is 0 Å². The van der Waals surface area contributed by atoms with E-state index in [1.54, 1.807) is 6.08 Å². The fourth-order valence-electron chi connectivity index (χ4n) is 0.232. The van der Waals surface area contributed by atoms with Gasteiger partial charge in [0.05, 0.1) is 5.70 Å². The van der Waals surface area contributed by atoms with Gasteiger partial charge in [-0.05, 0) is 12.5 Å². The van der Waals surface area contributed by atoms with Crippen LogP contribution < -0.4 is 5.73 Å².